The van der Waals surface area contributed by atoms with Gasteiger partial charge in [0.25, 0.3) is 0 Å². The molecule has 0 radical (unpaired) electrons. The fourth-order valence-corrected chi connectivity index (χ4v) is 2.25. The Bertz CT molecular complexity index is 440. The topological polar surface area (TPSA) is 18.5 Å². The van der Waals surface area contributed by atoms with Gasteiger partial charge >= 0.3 is 0 Å². The van der Waals surface area contributed by atoms with Gasteiger partial charge in [0.15, 0.2) is 11.5 Å². The van der Waals surface area contributed by atoms with Crippen LogP contribution in [0.15, 0.2) is 17.7 Å². The van der Waals surface area contributed by atoms with Crippen molar-refractivity contribution in [2.24, 2.45) is 5.92 Å². The Morgan fingerprint density at radius 3 is 2.39 bits per heavy atom. The second-order valence-electron chi connectivity index (χ2n) is 4.21. The van der Waals surface area contributed by atoms with Gasteiger partial charge in [-0.25, -0.2) is 0 Å². The third-order valence-electron chi connectivity index (χ3n) is 2.75. The zero-order chi connectivity index (χ0) is 13.7. The molecule has 0 N–H and O–H groups in total. The fourth-order valence-electron chi connectivity index (χ4n) is 1.58. The molecule has 1 rings (SSSR count). The summed E-state index contributed by atoms with van der Waals surface area (Å²) < 4.78 is 10.5. The molecule has 0 amide bonds. The zero-order valence-corrected chi connectivity index (χ0v) is 12.6. The highest BCUT2D eigenvalue weighted by molar-refractivity contribution is 6.33. The van der Waals surface area contributed by atoms with Crippen LogP contribution < -0.4 is 9.47 Å². The van der Waals surface area contributed by atoms with Crippen molar-refractivity contribution in [3.8, 4) is 11.5 Å². The maximum absolute atomic E-state index is 6.31. The van der Waals surface area contributed by atoms with Gasteiger partial charge in [-0.1, -0.05) is 37.1 Å². The van der Waals surface area contributed by atoms with Crippen LogP contribution in [0, 0.1) is 5.92 Å². The van der Waals surface area contributed by atoms with E-state index in [-0.39, 0.29) is 0 Å². The molecule has 0 unspecified atom stereocenters. The molecule has 0 aliphatic heterocycles. The molecule has 0 saturated heterocycles. The monoisotopic (exact) mass is 288 g/mol. The van der Waals surface area contributed by atoms with Crippen LogP contribution in [0.2, 0.25) is 5.02 Å². The van der Waals surface area contributed by atoms with E-state index in [1.54, 1.807) is 14.2 Å². The minimum absolute atomic E-state index is 0.381. The summed E-state index contributed by atoms with van der Waals surface area (Å²) in [6.45, 7) is 4.20. The van der Waals surface area contributed by atoms with Crippen molar-refractivity contribution in [1.82, 2.24) is 0 Å². The molecule has 0 fully saturated rings. The molecule has 2 nitrogen and oxygen atoms in total. The van der Waals surface area contributed by atoms with E-state index in [0.29, 0.717) is 28.3 Å². The Kier molecular flexibility index (Phi) is 5.83. The lowest BCUT2D eigenvalue weighted by Gasteiger charge is -2.13. The molecule has 0 spiro atoms. The Balaban J connectivity index is 3.27. The molecule has 1 aromatic carbocycles. The molecule has 0 aromatic heterocycles. The third-order valence-corrected chi connectivity index (χ3v) is 3.45. The average molecular weight is 289 g/mol. The molecule has 0 atom stereocenters. The summed E-state index contributed by atoms with van der Waals surface area (Å²) in [6, 6.07) is 3.74. The van der Waals surface area contributed by atoms with Gasteiger partial charge in [0.05, 0.1) is 19.2 Å². The Morgan fingerprint density at radius 1 is 1.28 bits per heavy atom. The van der Waals surface area contributed by atoms with Crippen LogP contribution in [-0.2, 0) is 0 Å². The second kappa shape index (κ2) is 6.91. The van der Waals surface area contributed by atoms with Crippen molar-refractivity contribution in [1.29, 1.82) is 0 Å². The lowest BCUT2D eigenvalue weighted by atomic mass is 10.0. The zero-order valence-electron chi connectivity index (χ0n) is 11.1. The quantitative estimate of drug-likeness (QED) is 0.735. The highest BCUT2D eigenvalue weighted by Crippen LogP contribution is 2.38. The average Bonchev–Trinajstić information content (AvgIpc) is 2.36. The molecular formula is C14H18Cl2O2. The predicted molar refractivity (Wildman–Crippen MR) is 78.1 cm³/mol. The maximum atomic E-state index is 6.31. The largest absolute Gasteiger partial charge is 0.493 e. The maximum Gasteiger partial charge on any atom is 0.179 e. The molecule has 0 aliphatic carbocycles. The van der Waals surface area contributed by atoms with Crippen LogP contribution >= 0.6 is 23.2 Å². The fraction of sp³-hybridized carbons (Fsp3) is 0.429. The van der Waals surface area contributed by atoms with Crippen LogP contribution in [-0.4, -0.2) is 20.1 Å². The molecule has 0 heterocycles. The van der Waals surface area contributed by atoms with Gasteiger partial charge in [0, 0.05) is 5.88 Å². The van der Waals surface area contributed by atoms with E-state index in [1.807, 2.05) is 18.2 Å². The van der Waals surface area contributed by atoms with Crippen LogP contribution in [0.3, 0.4) is 0 Å². The van der Waals surface area contributed by atoms with Gasteiger partial charge in [-0.15, -0.1) is 11.6 Å². The number of alkyl halides is 1. The van der Waals surface area contributed by atoms with E-state index in [1.165, 1.54) is 0 Å². The predicted octanol–water partition coefficient (Wildman–Crippen LogP) is 4.64. The van der Waals surface area contributed by atoms with E-state index in [2.05, 4.69) is 13.8 Å². The van der Waals surface area contributed by atoms with Crippen molar-refractivity contribution in [2.75, 3.05) is 20.1 Å². The van der Waals surface area contributed by atoms with E-state index in [4.69, 9.17) is 32.7 Å². The van der Waals surface area contributed by atoms with Crippen molar-refractivity contribution in [2.45, 2.75) is 13.8 Å². The number of ether oxygens (including phenoxy) is 2. The molecule has 1 aromatic rings. The highest BCUT2D eigenvalue weighted by Gasteiger charge is 2.12. The van der Waals surface area contributed by atoms with Gasteiger partial charge in [-0.2, -0.15) is 0 Å². The molecular weight excluding hydrogens is 271 g/mol. The van der Waals surface area contributed by atoms with E-state index in [9.17, 15) is 0 Å². The lowest BCUT2D eigenvalue weighted by molar-refractivity contribution is 0.355. The van der Waals surface area contributed by atoms with Crippen LogP contribution in [0.5, 0.6) is 11.5 Å². The summed E-state index contributed by atoms with van der Waals surface area (Å²) in [5.74, 6) is 2.04. The standard InChI is InChI=1S/C14H18Cl2O2/c1-9(2)11(8-15)7-10-5-6-12(17-3)14(18-4)13(10)16/h5-7,9H,8H2,1-4H3. The number of benzene rings is 1. The number of allylic oxidation sites excluding steroid dienone is 1. The normalized spacial score (nSPS) is 11.8. The van der Waals surface area contributed by atoms with Crippen molar-refractivity contribution < 1.29 is 9.47 Å². The molecule has 0 saturated carbocycles. The van der Waals surface area contributed by atoms with Crippen molar-refractivity contribution >= 4 is 29.3 Å². The molecule has 0 aliphatic rings. The Morgan fingerprint density at radius 2 is 1.94 bits per heavy atom. The second-order valence-corrected chi connectivity index (χ2v) is 4.86. The molecule has 18 heavy (non-hydrogen) atoms. The van der Waals surface area contributed by atoms with Gasteiger partial charge in [-0.3, -0.25) is 0 Å². The first-order valence-electron chi connectivity index (χ1n) is 5.72. The smallest absolute Gasteiger partial charge is 0.179 e. The number of halogens is 2. The van der Waals surface area contributed by atoms with Crippen LogP contribution in [0.1, 0.15) is 19.4 Å². The third kappa shape index (κ3) is 3.33. The first-order valence-corrected chi connectivity index (χ1v) is 6.63. The van der Waals surface area contributed by atoms with E-state index < -0.39 is 0 Å². The summed E-state index contributed by atoms with van der Waals surface area (Å²) in [5.41, 5.74) is 2.02. The Hall–Kier alpha value is -0.860. The molecule has 100 valence electrons. The Labute approximate surface area is 118 Å². The molecule has 4 heteroatoms. The van der Waals surface area contributed by atoms with Crippen LogP contribution in [0.25, 0.3) is 6.08 Å². The summed E-state index contributed by atoms with van der Waals surface area (Å²) in [6.07, 6.45) is 2.00. The van der Waals surface area contributed by atoms with E-state index >= 15 is 0 Å². The number of hydrogen-bond acceptors (Lipinski definition) is 2. The summed E-state index contributed by atoms with van der Waals surface area (Å²) in [4.78, 5) is 0. The first-order chi connectivity index (χ1) is 8.54. The van der Waals surface area contributed by atoms with Crippen LogP contribution in [0.4, 0.5) is 0 Å². The summed E-state index contributed by atoms with van der Waals surface area (Å²) in [7, 11) is 3.16. The summed E-state index contributed by atoms with van der Waals surface area (Å²) in [5, 5.41) is 0.542. The minimum Gasteiger partial charge on any atom is -0.493 e. The van der Waals surface area contributed by atoms with E-state index in [0.717, 1.165) is 11.1 Å². The van der Waals surface area contributed by atoms with Gasteiger partial charge in [0.2, 0.25) is 0 Å². The van der Waals surface area contributed by atoms with Gasteiger partial charge in [-0.05, 0) is 23.6 Å². The summed E-state index contributed by atoms with van der Waals surface area (Å²) >= 11 is 12.2. The SMILES string of the molecule is COc1ccc(C=C(CCl)C(C)C)c(Cl)c1OC. The van der Waals surface area contributed by atoms with Gasteiger partial charge < -0.3 is 9.47 Å². The number of hydrogen-bond donors (Lipinski definition) is 0. The van der Waals surface area contributed by atoms with Gasteiger partial charge in [0.1, 0.15) is 0 Å². The number of rotatable bonds is 5. The first kappa shape index (κ1) is 15.2. The lowest BCUT2D eigenvalue weighted by Crippen LogP contribution is -1.97. The molecule has 0 bridgehead atoms. The van der Waals surface area contributed by atoms with Crippen molar-refractivity contribution in [3.05, 3.63) is 28.3 Å². The highest BCUT2D eigenvalue weighted by atomic mass is 35.5. The number of methoxy groups -OCH3 is 2. The van der Waals surface area contributed by atoms with Crippen molar-refractivity contribution in [3.63, 3.8) is 0 Å². The minimum atomic E-state index is 0.381.